The monoisotopic (exact) mass is 297 g/mol. The number of amides is 1. The molecule has 22 heavy (non-hydrogen) atoms. The van der Waals surface area contributed by atoms with Gasteiger partial charge in [0.05, 0.1) is 12.8 Å². The number of carbonyl (C=O) groups is 1. The lowest BCUT2D eigenvalue weighted by Gasteiger charge is -2.10. The van der Waals surface area contributed by atoms with Gasteiger partial charge in [0, 0.05) is 23.3 Å². The lowest BCUT2D eigenvalue weighted by molar-refractivity contribution is -0.116. The summed E-state index contributed by atoms with van der Waals surface area (Å²) >= 11 is 0. The van der Waals surface area contributed by atoms with E-state index in [0.29, 0.717) is 17.9 Å². The van der Waals surface area contributed by atoms with E-state index in [0.717, 1.165) is 34.8 Å². The van der Waals surface area contributed by atoms with Gasteiger partial charge >= 0.3 is 0 Å². The largest absolute Gasteiger partial charge is 0.495 e. The molecule has 3 aromatic rings. The lowest BCUT2D eigenvalue weighted by Crippen LogP contribution is -2.11. The van der Waals surface area contributed by atoms with E-state index in [9.17, 15) is 4.79 Å². The van der Waals surface area contributed by atoms with E-state index in [1.165, 1.54) is 0 Å². The molecule has 3 rings (SSSR count). The second-order valence-corrected chi connectivity index (χ2v) is 5.30. The van der Waals surface area contributed by atoms with Crippen molar-refractivity contribution in [2.45, 2.75) is 26.2 Å². The van der Waals surface area contributed by atoms with Crippen molar-refractivity contribution in [2.75, 3.05) is 12.4 Å². The Labute approximate surface area is 129 Å². The third-order valence-electron chi connectivity index (χ3n) is 3.73. The number of para-hydroxylation sites is 1. The molecular formula is C18H19NO3. The van der Waals surface area contributed by atoms with E-state index in [1.54, 1.807) is 7.11 Å². The molecule has 0 aliphatic heterocycles. The number of carbonyl (C=O) groups excluding carboxylic acids is 1. The smallest absolute Gasteiger partial charge is 0.224 e. The summed E-state index contributed by atoms with van der Waals surface area (Å²) < 4.78 is 11.3. The number of anilines is 1. The van der Waals surface area contributed by atoms with E-state index >= 15 is 0 Å². The van der Waals surface area contributed by atoms with E-state index in [2.05, 4.69) is 12.2 Å². The predicted octanol–water partition coefficient (Wildman–Crippen LogP) is 4.72. The zero-order valence-corrected chi connectivity index (χ0v) is 12.8. The van der Waals surface area contributed by atoms with Crippen LogP contribution in [0.25, 0.3) is 21.9 Å². The van der Waals surface area contributed by atoms with Crippen LogP contribution >= 0.6 is 0 Å². The molecule has 0 atom stereocenters. The summed E-state index contributed by atoms with van der Waals surface area (Å²) in [5.74, 6) is 0.638. The second kappa shape index (κ2) is 6.10. The van der Waals surface area contributed by atoms with Gasteiger partial charge in [0.25, 0.3) is 0 Å². The van der Waals surface area contributed by atoms with Crippen LogP contribution in [-0.2, 0) is 4.79 Å². The highest BCUT2D eigenvalue weighted by molar-refractivity contribution is 6.07. The van der Waals surface area contributed by atoms with E-state index < -0.39 is 0 Å². The highest BCUT2D eigenvalue weighted by Crippen LogP contribution is 2.36. The van der Waals surface area contributed by atoms with E-state index in [-0.39, 0.29) is 5.91 Å². The highest BCUT2D eigenvalue weighted by Gasteiger charge is 2.13. The number of nitrogens with one attached hydrogen (secondary N) is 1. The van der Waals surface area contributed by atoms with Crippen molar-refractivity contribution in [1.82, 2.24) is 0 Å². The average molecular weight is 297 g/mol. The number of ether oxygens (including phenoxy) is 1. The Kier molecular flexibility index (Phi) is 4.00. The van der Waals surface area contributed by atoms with Gasteiger partial charge in [0.1, 0.15) is 16.9 Å². The summed E-state index contributed by atoms with van der Waals surface area (Å²) in [7, 11) is 1.60. The number of fused-ring (bicyclic) bond motifs is 3. The summed E-state index contributed by atoms with van der Waals surface area (Å²) in [4.78, 5) is 12.0. The Hall–Kier alpha value is -2.49. The second-order valence-electron chi connectivity index (χ2n) is 5.30. The van der Waals surface area contributed by atoms with Crippen LogP contribution in [0.4, 0.5) is 5.69 Å². The molecule has 0 saturated heterocycles. The quantitative estimate of drug-likeness (QED) is 0.741. The summed E-state index contributed by atoms with van der Waals surface area (Å²) in [6, 6.07) is 11.6. The number of unbranched alkanes of at least 4 members (excludes halogenated alkanes) is 1. The molecule has 0 aliphatic rings. The molecule has 1 amide bonds. The minimum atomic E-state index is -0.00406. The molecule has 4 heteroatoms. The van der Waals surface area contributed by atoms with Gasteiger partial charge in [0.2, 0.25) is 5.91 Å². The number of hydrogen-bond acceptors (Lipinski definition) is 3. The Morgan fingerprint density at radius 2 is 2.00 bits per heavy atom. The molecule has 0 fully saturated rings. The maximum Gasteiger partial charge on any atom is 0.224 e. The SMILES string of the molecule is CCCCC(=O)Nc1cc2oc3ccccc3c2cc1OC. The first-order valence-corrected chi connectivity index (χ1v) is 7.52. The van der Waals surface area contributed by atoms with Crippen LogP contribution < -0.4 is 10.1 Å². The van der Waals surface area contributed by atoms with E-state index in [4.69, 9.17) is 9.15 Å². The summed E-state index contributed by atoms with van der Waals surface area (Å²) in [6.07, 6.45) is 2.38. The lowest BCUT2D eigenvalue weighted by atomic mass is 10.1. The van der Waals surface area contributed by atoms with Crippen molar-refractivity contribution >= 4 is 33.5 Å². The van der Waals surface area contributed by atoms with Crippen LogP contribution in [0.5, 0.6) is 5.75 Å². The van der Waals surface area contributed by atoms with Crippen molar-refractivity contribution in [3.05, 3.63) is 36.4 Å². The fourth-order valence-electron chi connectivity index (χ4n) is 2.57. The van der Waals surface area contributed by atoms with Crippen molar-refractivity contribution in [1.29, 1.82) is 0 Å². The Balaban J connectivity index is 2.02. The summed E-state index contributed by atoms with van der Waals surface area (Å²) in [5.41, 5.74) is 2.22. The van der Waals surface area contributed by atoms with Gasteiger partial charge in [-0.1, -0.05) is 31.5 Å². The third-order valence-corrected chi connectivity index (χ3v) is 3.73. The zero-order chi connectivity index (χ0) is 15.5. The van der Waals surface area contributed by atoms with Crippen molar-refractivity contribution in [2.24, 2.45) is 0 Å². The minimum absolute atomic E-state index is 0.00406. The molecule has 0 spiro atoms. The molecule has 1 N–H and O–H groups in total. The molecule has 4 nitrogen and oxygen atoms in total. The van der Waals surface area contributed by atoms with Gasteiger partial charge in [-0.25, -0.2) is 0 Å². The molecule has 1 heterocycles. The van der Waals surface area contributed by atoms with Gasteiger partial charge < -0.3 is 14.5 Å². The first-order chi connectivity index (χ1) is 10.7. The Morgan fingerprint density at radius 3 is 2.77 bits per heavy atom. The molecule has 0 unspecified atom stereocenters. The predicted molar refractivity (Wildman–Crippen MR) is 88.4 cm³/mol. The fraction of sp³-hybridized carbons (Fsp3) is 0.278. The van der Waals surface area contributed by atoms with Gasteiger partial charge in [-0.3, -0.25) is 4.79 Å². The molecule has 114 valence electrons. The summed E-state index contributed by atoms with van der Waals surface area (Å²) in [5, 5.41) is 4.94. The standard InChI is InChI=1S/C18H19NO3/c1-3-4-9-18(20)19-14-11-16-13(10-17(14)21-2)12-7-5-6-8-15(12)22-16/h5-8,10-11H,3-4,9H2,1-2H3,(H,19,20). The van der Waals surface area contributed by atoms with Crippen LogP contribution in [0.1, 0.15) is 26.2 Å². The highest BCUT2D eigenvalue weighted by atomic mass is 16.5. The number of furan rings is 1. The molecule has 0 radical (unpaired) electrons. The van der Waals surface area contributed by atoms with Gasteiger partial charge in [-0.2, -0.15) is 0 Å². The first-order valence-electron chi connectivity index (χ1n) is 7.52. The maximum atomic E-state index is 12.0. The van der Waals surface area contributed by atoms with Gasteiger partial charge in [-0.05, 0) is 18.6 Å². The van der Waals surface area contributed by atoms with Crippen LogP contribution in [0.2, 0.25) is 0 Å². The number of methoxy groups -OCH3 is 1. The van der Waals surface area contributed by atoms with Crippen LogP contribution in [0.15, 0.2) is 40.8 Å². The van der Waals surface area contributed by atoms with Gasteiger partial charge in [-0.15, -0.1) is 0 Å². The third kappa shape index (κ3) is 2.64. The molecule has 0 saturated carbocycles. The van der Waals surface area contributed by atoms with Crippen molar-refractivity contribution < 1.29 is 13.9 Å². The molecule has 2 aromatic carbocycles. The Bertz CT molecular complexity index is 820. The van der Waals surface area contributed by atoms with Crippen molar-refractivity contribution in [3.63, 3.8) is 0 Å². The number of benzene rings is 2. The molecule has 1 aromatic heterocycles. The van der Waals surface area contributed by atoms with Crippen LogP contribution in [-0.4, -0.2) is 13.0 Å². The zero-order valence-electron chi connectivity index (χ0n) is 12.8. The van der Waals surface area contributed by atoms with Crippen molar-refractivity contribution in [3.8, 4) is 5.75 Å². The maximum absolute atomic E-state index is 12.0. The molecule has 0 bridgehead atoms. The first kappa shape index (κ1) is 14.4. The summed E-state index contributed by atoms with van der Waals surface area (Å²) in [6.45, 7) is 2.06. The molecule has 0 aliphatic carbocycles. The fourth-order valence-corrected chi connectivity index (χ4v) is 2.57. The van der Waals surface area contributed by atoms with E-state index in [1.807, 2.05) is 36.4 Å². The Morgan fingerprint density at radius 1 is 1.18 bits per heavy atom. The minimum Gasteiger partial charge on any atom is -0.495 e. The number of hydrogen-bond donors (Lipinski definition) is 1. The number of rotatable bonds is 5. The normalized spacial score (nSPS) is 11.0. The average Bonchev–Trinajstić information content (AvgIpc) is 2.89. The van der Waals surface area contributed by atoms with Gasteiger partial charge in [0.15, 0.2) is 0 Å². The molecular weight excluding hydrogens is 278 g/mol. The van der Waals surface area contributed by atoms with Crippen LogP contribution in [0.3, 0.4) is 0 Å². The van der Waals surface area contributed by atoms with Crippen LogP contribution in [0, 0.1) is 0 Å². The topological polar surface area (TPSA) is 51.5 Å².